The minimum atomic E-state index is -0.670. The molecule has 1 aliphatic rings. The highest BCUT2D eigenvalue weighted by molar-refractivity contribution is 5.71. The lowest BCUT2D eigenvalue weighted by atomic mass is 9.90. The summed E-state index contributed by atoms with van der Waals surface area (Å²) in [5.41, 5.74) is 2.47. The number of carbonyl (C=O) groups is 1. The largest absolute Gasteiger partial charge is 0.481 e. The van der Waals surface area contributed by atoms with Gasteiger partial charge < -0.3 is 5.11 Å². The normalized spacial score (nSPS) is 21.8. The molecular weight excluding hydrogens is 274 g/mol. The Morgan fingerprint density at radius 1 is 0.955 bits per heavy atom. The van der Waals surface area contributed by atoms with Crippen molar-refractivity contribution in [3.8, 4) is 0 Å². The molecule has 3 rings (SSSR count). The number of rotatable bonds is 5. The van der Waals surface area contributed by atoms with Crippen LogP contribution in [0.2, 0.25) is 0 Å². The van der Waals surface area contributed by atoms with Crippen molar-refractivity contribution >= 4 is 5.97 Å². The fraction of sp³-hybridized carbons (Fsp3) is 0.316. The number of nitrogens with zero attached hydrogens (tertiary/aromatic N) is 1. The first-order chi connectivity index (χ1) is 10.7. The van der Waals surface area contributed by atoms with E-state index in [1.807, 2.05) is 36.4 Å². The van der Waals surface area contributed by atoms with Crippen molar-refractivity contribution in [1.29, 1.82) is 0 Å². The molecule has 0 radical (unpaired) electrons. The van der Waals surface area contributed by atoms with Crippen LogP contribution in [0.5, 0.6) is 0 Å². The van der Waals surface area contributed by atoms with Gasteiger partial charge >= 0.3 is 5.97 Å². The van der Waals surface area contributed by atoms with E-state index in [2.05, 4.69) is 29.2 Å². The van der Waals surface area contributed by atoms with E-state index in [4.69, 9.17) is 0 Å². The Kier molecular flexibility index (Phi) is 4.54. The molecule has 1 fully saturated rings. The third kappa shape index (κ3) is 3.55. The zero-order chi connectivity index (χ0) is 15.4. The second-order valence-electron chi connectivity index (χ2n) is 6.07. The minimum absolute atomic E-state index is 0.184. The Labute approximate surface area is 131 Å². The molecule has 0 unspecified atom stereocenters. The van der Waals surface area contributed by atoms with Crippen LogP contribution < -0.4 is 0 Å². The Morgan fingerprint density at radius 3 is 2.14 bits per heavy atom. The van der Waals surface area contributed by atoms with Gasteiger partial charge in [0.1, 0.15) is 0 Å². The Balaban J connectivity index is 1.68. The highest BCUT2D eigenvalue weighted by atomic mass is 16.4. The van der Waals surface area contributed by atoms with Crippen LogP contribution in [0, 0.1) is 11.8 Å². The van der Waals surface area contributed by atoms with Crippen LogP contribution in [0.1, 0.15) is 11.1 Å². The van der Waals surface area contributed by atoms with Crippen LogP contribution in [0.4, 0.5) is 0 Å². The molecule has 1 heterocycles. The smallest absolute Gasteiger partial charge is 0.308 e. The molecule has 0 aromatic heterocycles. The number of benzene rings is 2. The van der Waals surface area contributed by atoms with Gasteiger partial charge in [-0.15, -0.1) is 0 Å². The lowest BCUT2D eigenvalue weighted by Crippen LogP contribution is -2.24. The Hall–Kier alpha value is -2.13. The van der Waals surface area contributed by atoms with Crippen LogP contribution in [0.25, 0.3) is 0 Å². The molecule has 114 valence electrons. The van der Waals surface area contributed by atoms with Crippen molar-refractivity contribution in [2.24, 2.45) is 11.8 Å². The molecule has 22 heavy (non-hydrogen) atoms. The van der Waals surface area contributed by atoms with Gasteiger partial charge in [0.2, 0.25) is 0 Å². The molecule has 1 N–H and O–H groups in total. The third-order valence-corrected chi connectivity index (χ3v) is 4.42. The van der Waals surface area contributed by atoms with Crippen molar-refractivity contribution in [3.63, 3.8) is 0 Å². The molecule has 2 atom stereocenters. The summed E-state index contributed by atoms with van der Waals surface area (Å²) >= 11 is 0. The van der Waals surface area contributed by atoms with E-state index in [1.54, 1.807) is 0 Å². The van der Waals surface area contributed by atoms with Gasteiger partial charge in [-0.3, -0.25) is 9.69 Å². The Bertz CT molecular complexity index is 612. The van der Waals surface area contributed by atoms with Gasteiger partial charge in [-0.05, 0) is 23.5 Å². The summed E-state index contributed by atoms with van der Waals surface area (Å²) in [7, 11) is 0. The maximum Gasteiger partial charge on any atom is 0.308 e. The van der Waals surface area contributed by atoms with Crippen molar-refractivity contribution in [3.05, 3.63) is 71.8 Å². The first kappa shape index (κ1) is 14.8. The number of carboxylic acids is 1. The SMILES string of the molecule is O=C(O)[C@@H]1CN(Cc2ccccc2)C[C@H]1Cc1ccccc1. The molecule has 0 saturated carbocycles. The van der Waals surface area contributed by atoms with E-state index in [-0.39, 0.29) is 11.8 Å². The molecule has 1 aliphatic heterocycles. The van der Waals surface area contributed by atoms with Crippen LogP contribution >= 0.6 is 0 Å². The van der Waals surface area contributed by atoms with Crippen LogP contribution in [0.15, 0.2) is 60.7 Å². The summed E-state index contributed by atoms with van der Waals surface area (Å²) in [6.07, 6.45) is 0.836. The summed E-state index contributed by atoms with van der Waals surface area (Å²) in [6.45, 7) is 2.32. The molecule has 0 aliphatic carbocycles. The summed E-state index contributed by atoms with van der Waals surface area (Å²) < 4.78 is 0. The lowest BCUT2D eigenvalue weighted by molar-refractivity contribution is -0.142. The number of aliphatic carboxylic acids is 1. The molecule has 3 heteroatoms. The van der Waals surface area contributed by atoms with E-state index in [0.29, 0.717) is 6.54 Å². The van der Waals surface area contributed by atoms with E-state index in [0.717, 1.165) is 19.5 Å². The predicted molar refractivity (Wildman–Crippen MR) is 86.5 cm³/mol. The maximum absolute atomic E-state index is 11.6. The average molecular weight is 295 g/mol. The average Bonchev–Trinajstić information content (AvgIpc) is 2.92. The molecule has 2 aromatic rings. The number of hydrogen-bond donors (Lipinski definition) is 1. The molecule has 1 saturated heterocycles. The van der Waals surface area contributed by atoms with Crippen molar-refractivity contribution < 1.29 is 9.90 Å². The first-order valence-corrected chi connectivity index (χ1v) is 7.75. The van der Waals surface area contributed by atoms with Gasteiger partial charge in [-0.25, -0.2) is 0 Å². The van der Waals surface area contributed by atoms with Gasteiger partial charge in [0.05, 0.1) is 5.92 Å². The number of carboxylic acid groups (broad SMARTS) is 1. The van der Waals surface area contributed by atoms with Gasteiger partial charge in [-0.1, -0.05) is 60.7 Å². The first-order valence-electron chi connectivity index (χ1n) is 7.75. The van der Waals surface area contributed by atoms with E-state index in [1.165, 1.54) is 11.1 Å². The predicted octanol–water partition coefficient (Wildman–Crippen LogP) is 3.06. The highest BCUT2D eigenvalue weighted by Crippen LogP contribution is 2.28. The summed E-state index contributed by atoms with van der Waals surface area (Å²) in [5, 5.41) is 9.52. The third-order valence-electron chi connectivity index (χ3n) is 4.42. The van der Waals surface area contributed by atoms with E-state index < -0.39 is 5.97 Å². The van der Waals surface area contributed by atoms with Crippen LogP contribution in [-0.4, -0.2) is 29.1 Å². The van der Waals surface area contributed by atoms with Crippen LogP contribution in [0.3, 0.4) is 0 Å². The molecular formula is C19H21NO2. The molecule has 0 bridgehead atoms. The summed E-state index contributed by atoms with van der Waals surface area (Å²) in [4.78, 5) is 13.8. The quantitative estimate of drug-likeness (QED) is 0.921. The lowest BCUT2D eigenvalue weighted by Gasteiger charge is -2.16. The Morgan fingerprint density at radius 2 is 1.55 bits per heavy atom. The standard InChI is InChI=1S/C19H21NO2/c21-19(22)18-14-20(12-16-9-5-2-6-10-16)13-17(18)11-15-7-3-1-4-8-15/h1-10,17-18H,11-14H2,(H,21,22)/t17-,18-/m1/s1. The monoisotopic (exact) mass is 295 g/mol. The van der Waals surface area contributed by atoms with Gasteiger partial charge in [0.15, 0.2) is 0 Å². The zero-order valence-corrected chi connectivity index (χ0v) is 12.6. The fourth-order valence-corrected chi connectivity index (χ4v) is 3.33. The number of hydrogen-bond acceptors (Lipinski definition) is 2. The highest BCUT2D eigenvalue weighted by Gasteiger charge is 2.37. The van der Waals surface area contributed by atoms with Crippen molar-refractivity contribution in [2.75, 3.05) is 13.1 Å². The second-order valence-corrected chi connectivity index (χ2v) is 6.07. The second kappa shape index (κ2) is 6.75. The molecule has 0 amide bonds. The number of likely N-dealkylation sites (tertiary alicyclic amines) is 1. The molecule has 2 aromatic carbocycles. The molecule has 0 spiro atoms. The topological polar surface area (TPSA) is 40.5 Å². The van der Waals surface area contributed by atoms with Crippen molar-refractivity contribution in [1.82, 2.24) is 4.90 Å². The summed E-state index contributed by atoms with van der Waals surface area (Å²) in [5.74, 6) is -0.760. The van der Waals surface area contributed by atoms with E-state index in [9.17, 15) is 9.90 Å². The zero-order valence-electron chi connectivity index (χ0n) is 12.6. The van der Waals surface area contributed by atoms with Gasteiger partial charge in [-0.2, -0.15) is 0 Å². The maximum atomic E-state index is 11.6. The molecule has 3 nitrogen and oxygen atoms in total. The van der Waals surface area contributed by atoms with Gasteiger partial charge in [0, 0.05) is 19.6 Å². The van der Waals surface area contributed by atoms with Crippen molar-refractivity contribution in [2.45, 2.75) is 13.0 Å². The summed E-state index contributed by atoms with van der Waals surface area (Å²) in [6, 6.07) is 20.4. The van der Waals surface area contributed by atoms with Crippen LogP contribution in [-0.2, 0) is 17.8 Å². The minimum Gasteiger partial charge on any atom is -0.481 e. The van der Waals surface area contributed by atoms with Gasteiger partial charge in [0.25, 0.3) is 0 Å². The van der Waals surface area contributed by atoms with E-state index >= 15 is 0 Å². The fourth-order valence-electron chi connectivity index (χ4n) is 3.33.